The number of hydrogen-bond acceptors (Lipinski definition) is 3. The molecule has 4 aromatic carbocycles. The first kappa shape index (κ1) is 21.4. The van der Waals surface area contributed by atoms with Gasteiger partial charge in [-0.15, -0.1) is 0 Å². The molecule has 36 heavy (non-hydrogen) atoms. The minimum absolute atomic E-state index is 0.631. The molecule has 0 amide bonds. The Morgan fingerprint density at radius 2 is 1.36 bits per heavy atom. The molecule has 168 valence electrons. The molecule has 2 aromatic heterocycles. The topological polar surface area (TPSA) is 65.4 Å². The lowest BCUT2D eigenvalue weighted by Crippen LogP contribution is -2.00. The summed E-state index contributed by atoms with van der Waals surface area (Å²) in [6.07, 6.45) is 3.49. The standard InChI is InChI=1S/C32H20N4/c1-21-16-25(20-34)29(22-12-14-35-15-13-22)18-31(21)36-30-9-5-4-8-27(30)28-11-10-23(17-32(28)36)26-7-3-2-6-24(26)19-33/h2-18H,1H3. The first-order chi connectivity index (χ1) is 17.7. The molecule has 6 aromatic rings. The molecular weight excluding hydrogens is 440 g/mol. The molecule has 6 rings (SSSR count). The summed E-state index contributed by atoms with van der Waals surface area (Å²) >= 11 is 0. The molecule has 0 bridgehead atoms. The Labute approximate surface area is 208 Å². The van der Waals surface area contributed by atoms with E-state index < -0.39 is 0 Å². The number of hydrogen-bond donors (Lipinski definition) is 0. The van der Waals surface area contributed by atoms with Gasteiger partial charge in [-0.25, -0.2) is 0 Å². The summed E-state index contributed by atoms with van der Waals surface area (Å²) in [5, 5.41) is 21.9. The minimum atomic E-state index is 0.631. The molecule has 0 aliphatic rings. The number of fused-ring (bicyclic) bond motifs is 3. The highest BCUT2D eigenvalue weighted by atomic mass is 15.0. The Morgan fingerprint density at radius 1 is 0.639 bits per heavy atom. The maximum absolute atomic E-state index is 9.88. The average molecular weight is 461 g/mol. The zero-order valence-corrected chi connectivity index (χ0v) is 19.6. The Morgan fingerprint density at radius 3 is 2.17 bits per heavy atom. The first-order valence-electron chi connectivity index (χ1n) is 11.7. The lowest BCUT2D eigenvalue weighted by atomic mass is 9.97. The third kappa shape index (κ3) is 3.33. The van der Waals surface area contributed by atoms with Crippen LogP contribution in [0.4, 0.5) is 0 Å². The van der Waals surface area contributed by atoms with E-state index in [1.165, 1.54) is 0 Å². The molecule has 0 aliphatic heterocycles. The number of pyridine rings is 1. The van der Waals surface area contributed by atoms with Crippen LogP contribution in [0.2, 0.25) is 0 Å². The number of nitrogens with zero attached hydrogens (tertiary/aromatic N) is 4. The van der Waals surface area contributed by atoms with Gasteiger partial charge in [0.15, 0.2) is 0 Å². The summed E-state index contributed by atoms with van der Waals surface area (Å²) < 4.78 is 2.27. The van der Waals surface area contributed by atoms with Gasteiger partial charge in [0, 0.05) is 34.4 Å². The van der Waals surface area contributed by atoms with Crippen LogP contribution < -0.4 is 0 Å². The van der Waals surface area contributed by atoms with E-state index in [0.29, 0.717) is 11.1 Å². The molecule has 0 radical (unpaired) electrons. The van der Waals surface area contributed by atoms with Crippen LogP contribution in [0.1, 0.15) is 16.7 Å². The third-order valence-electron chi connectivity index (χ3n) is 6.72. The van der Waals surface area contributed by atoms with Crippen molar-refractivity contribution in [1.82, 2.24) is 9.55 Å². The van der Waals surface area contributed by atoms with E-state index in [-0.39, 0.29) is 0 Å². The zero-order valence-electron chi connectivity index (χ0n) is 19.6. The van der Waals surface area contributed by atoms with Gasteiger partial charge >= 0.3 is 0 Å². The second-order valence-corrected chi connectivity index (χ2v) is 8.77. The average Bonchev–Trinajstić information content (AvgIpc) is 3.26. The number of nitriles is 2. The lowest BCUT2D eigenvalue weighted by molar-refractivity contribution is 1.15. The number of benzene rings is 4. The summed E-state index contributed by atoms with van der Waals surface area (Å²) in [7, 11) is 0. The minimum Gasteiger partial charge on any atom is -0.309 e. The van der Waals surface area contributed by atoms with Crippen LogP contribution in [0.25, 0.3) is 49.7 Å². The summed E-state index contributed by atoms with van der Waals surface area (Å²) in [6.45, 7) is 2.04. The first-order valence-corrected chi connectivity index (χ1v) is 11.7. The molecule has 4 nitrogen and oxygen atoms in total. The van der Waals surface area contributed by atoms with Gasteiger partial charge in [0.2, 0.25) is 0 Å². The lowest BCUT2D eigenvalue weighted by Gasteiger charge is -2.15. The van der Waals surface area contributed by atoms with Gasteiger partial charge in [-0.1, -0.05) is 48.5 Å². The van der Waals surface area contributed by atoms with E-state index in [2.05, 4.69) is 64.2 Å². The fraction of sp³-hybridized carbons (Fsp3) is 0.0312. The van der Waals surface area contributed by atoms with Crippen LogP contribution in [-0.2, 0) is 0 Å². The van der Waals surface area contributed by atoms with Gasteiger partial charge in [0.25, 0.3) is 0 Å². The third-order valence-corrected chi connectivity index (χ3v) is 6.72. The Bertz CT molecular complexity index is 1870. The smallest absolute Gasteiger partial charge is 0.0998 e. The van der Waals surface area contributed by atoms with E-state index in [9.17, 15) is 10.5 Å². The van der Waals surface area contributed by atoms with Crippen molar-refractivity contribution < 1.29 is 0 Å². The van der Waals surface area contributed by atoms with Crippen molar-refractivity contribution in [2.75, 3.05) is 0 Å². The van der Waals surface area contributed by atoms with Gasteiger partial charge in [-0.2, -0.15) is 10.5 Å². The second kappa shape index (κ2) is 8.55. The van der Waals surface area contributed by atoms with E-state index in [4.69, 9.17) is 0 Å². The van der Waals surface area contributed by atoms with Gasteiger partial charge in [-0.3, -0.25) is 4.98 Å². The molecule has 2 heterocycles. The van der Waals surface area contributed by atoms with Crippen molar-refractivity contribution in [2.45, 2.75) is 6.92 Å². The summed E-state index contributed by atoms with van der Waals surface area (Å²) in [5.74, 6) is 0. The van der Waals surface area contributed by atoms with Crippen LogP contribution in [0, 0.1) is 29.6 Å². The zero-order chi connectivity index (χ0) is 24.6. The van der Waals surface area contributed by atoms with Crippen molar-refractivity contribution in [3.8, 4) is 40.1 Å². The molecule has 4 heteroatoms. The summed E-state index contributed by atoms with van der Waals surface area (Å²) in [5.41, 5.74) is 9.16. The maximum Gasteiger partial charge on any atom is 0.0998 e. The number of aromatic nitrogens is 2. The molecule has 0 saturated carbocycles. The summed E-state index contributed by atoms with van der Waals surface area (Å²) in [4.78, 5) is 4.14. The van der Waals surface area contributed by atoms with Crippen molar-refractivity contribution in [2.24, 2.45) is 0 Å². The predicted octanol–water partition coefficient (Wildman–Crippen LogP) is 7.56. The van der Waals surface area contributed by atoms with E-state index in [1.807, 2.05) is 55.5 Å². The van der Waals surface area contributed by atoms with Crippen molar-refractivity contribution >= 4 is 21.8 Å². The fourth-order valence-corrected chi connectivity index (χ4v) is 5.03. The normalized spacial score (nSPS) is 10.9. The van der Waals surface area contributed by atoms with Gasteiger partial charge in [0.1, 0.15) is 0 Å². The van der Waals surface area contributed by atoms with Gasteiger partial charge in [-0.05, 0) is 71.6 Å². The Balaban J connectivity index is 1.69. The van der Waals surface area contributed by atoms with Crippen LogP contribution in [0.3, 0.4) is 0 Å². The van der Waals surface area contributed by atoms with E-state index >= 15 is 0 Å². The van der Waals surface area contributed by atoms with Crippen molar-refractivity contribution in [1.29, 1.82) is 10.5 Å². The quantitative estimate of drug-likeness (QED) is 0.274. The number of aryl methyl sites for hydroxylation is 1. The largest absolute Gasteiger partial charge is 0.309 e. The number of rotatable bonds is 3. The van der Waals surface area contributed by atoms with Gasteiger partial charge in [0.05, 0.1) is 34.3 Å². The van der Waals surface area contributed by atoms with Crippen molar-refractivity contribution in [3.63, 3.8) is 0 Å². The molecule has 0 atom stereocenters. The molecular formula is C32H20N4. The highest BCUT2D eigenvalue weighted by molar-refractivity contribution is 6.10. The van der Waals surface area contributed by atoms with Crippen LogP contribution in [0.5, 0.6) is 0 Å². The molecule has 0 aliphatic carbocycles. The SMILES string of the molecule is Cc1cc(C#N)c(-c2ccncc2)cc1-n1c2ccccc2c2ccc(-c3ccccc3C#N)cc21. The Hall–Kier alpha value is -5.19. The summed E-state index contributed by atoms with van der Waals surface area (Å²) in [6, 6.07) is 35.0. The van der Waals surface area contributed by atoms with Gasteiger partial charge < -0.3 is 4.57 Å². The van der Waals surface area contributed by atoms with Crippen LogP contribution >= 0.6 is 0 Å². The molecule has 0 unspecified atom stereocenters. The maximum atomic E-state index is 9.88. The molecule has 0 spiro atoms. The van der Waals surface area contributed by atoms with Crippen molar-refractivity contribution in [3.05, 3.63) is 120 Å². The van der Waals surface area contributed by atoms with E-state index in [1.54, 1.807) is 12.4 Å². The molecule has 0 N–H and O–H groups in total. The van der Waals surface area contributed by atoms with E-state index in [0.717, 1.165) is 55.3 Å². The second-order valence-electron chi connectivity index (χ2n) is 8.77. The molecule has 0 saturated heterocycles. The number of para-hydroxylation sites is 1. The van der Waals surface area contributed by atoms with Crippen LogP contribution in [-0.4, -0.2) is 9.55 Å². The fourth-order valence-electron chi connectivity index (χ4n) is 5.03. The monoisotopic (exact) mass is 460 g/mol. The predicted molar refractivity (Wildman–Crippen MR) is 144 cm³/mol. The highest BCUT2D eigenvalue weighted by Gasteiger charge is 2.17. The highest BCUT2D eigenvalue weighted by Crippen LogP contribution is 2.38. The molecule has 0 fully saturated rings. The van der Waals surface area contributed by atoms with Crippen LogP contribution in [0.15, 0.2) is 103 Å². The Kier molecular flexibility index (Phi) is 5.07.